The second kappa shape index (κ2) is 4.97. The molecule has 1 aliphatic rings. The highest BCUT2D eigenvalue weighted by molar-refractivity contribution is 9.10. The third kappa shape index (κ3) is 2.81. The van der Waals surface area contributed by atoms with Crippen molar-refractivity contribution in [1.29, 1.82) is 0 Å². The molecular formula is C12H13BrN2O3. The monoisotopic (exact) mass is 312 g/mol. The third-order valence-electron chi connectivity index (χ3n) is 2.92. The average molecular weight is 313 g/mol. The number of carbonyl (C=O) groups excluding carboxylic acids is 1. The lowest BCUT2D eigenvalue weighted by Gasteiger charge is -2.17. The summed E-state index contributed by atoms with van der Waals surface area (Å²) in [5, 5.41) is 12.0. The predicted octanol–water partition coefficient (Wildman–Crippen LogP) is 1.82. The number of hydrogen-bond acceptors (Lipinski definition) is 3. The Kier molecular flexibility index (Phi) is 3.56. The predicted molar refractivity (Wildman–Crippen MR) is 70.4 cm³/mol. The number of hydrogen-bond donors (Lipinski definition) is 3. The number of anilines is 1. The lowest BCUT2D eigenvalue weighted by molar-refractivity contribution is -0.138. The molecule has 0 heterocycles. The fourth-order valence-corrected chi connectivity index (χ4v) is 2.19. The number of nitrogens with two attached hydrogens (primary N) is 1. The van der Waals surface area contributed by atoms with Gasteiger partial charge in [-0.1, -0.05) is 15.9 Å². The topological polar surface area (TPSA) is 92.4 Å². The van der Waals surface area contributed by atoms with Gasteiger partial charge in [-0.15, -0.1) is 0 Å². The first kappa shape index (κ1) is 12.9. The van der Waals surface area contributed by atoms with Crippen LogP contribution in [0.3, 0.4) is 0 Å². The summed E-state index contributed by atoms with van der Waals surface area (Å²) in [6.07, 6.45) is 1.79. The molecule has 96 valence electrons. The van der Waals surface area contributed by atoms with E-state index in [2.05, 4.69) is 21.2 Å². The molecule has 0 saturated heterocycles. The van der Waals surface area contributed by atoms with Crippen molar-refractivity contribution in [2.75, 3.05) is 5.32 Å². The molecule has 0 bridgehead atoms. The van der Waals surface area contributed by atoms with Gasteiger partial charge in [-0.05, 0) is 37.0 Å². The highest BCUT2D eigenvalue weighted by atomic mass is 79.9. The van der Waals surface area contributed by atoms with E-state index >= 15 is 0 Å². The fourth-order valence-electron chi connectivity index (χ4n) is 1.82. The van der Waals surface area contributed by atoms with Crippen LogP contribution < -0.4 is 11.1 Å². The van der Waals surface area contributed by atoms with Crippen LogP contribution in [0.1, 0.15) is 23.2 Å². The molecule has 1 saturated carbocycles. The van der Waals surface area contributed by atoms with Crippen LogP contribution in [0.2, 0.25) is 0 Å². The van der Waals surface area contributed by atoms with E-state index in [1.165, 1.54) is 0 Å². The number of benzene rings is 1. The van der Waals surface area contributed by atoms with Gasteiger partial charge in [-0.25, -0.2) is 4.79 Å². The summed E-state index contributed by atoms with van der Waals surface area (Å²) in [7, 11) is 0. The summed E-state index contributed by atoms with van der Waals surface area (Å²) in [6.45, 7) is 0. The third-order valence-corrected chi connectivity index (χ3v) is 3.41. The minimum atomic E-state index is -0.907. The Balaban J connectivity index is 2.27. The maximum atomic E-state index is 11.3. The second-order valence-corrected chi connectivity index (χ2v) is 5.27. The Morgan fingerprint density at radius 2 is 2.11 bits per heavy atom. The molecule has 6 heteroatoms. The van der Waals surface area contributed by atoms with Crippen LogP contribution in [-0.4, -0.2) is 23.0 Å². The Labute approximate surface area is 112 Å². The van der Waals surface area contributed by atoms with Crippen molar-refractivity contribution in [3.05, 3.63) is 28.2 Å². The van der Waals surface area contributed by atoms with Crippen molar-refractivity contribution in [3.63, 3.8) is 0 Å². The average Bonchev–Trinajstić information content (AvgIpc) is 3.10. The normalized spacial score (nSPS) is 16.1. The van der Waals surface area contributed by atoms with Gasteiger partial charge in [0, 0.05) is 10.2 Å². The lowest BCUT2D eigenvalue weighted by atomic mass is 10.1. The lowest BCUT2D eigenvalue weighted by Crippen LogP contribution is -2.32. The second-order valence-electron chi connectivity index (χ2n) is 4.35. The summed E-state index contributed by atoms with van der Waals surface area (Å²) in [5.74, 6) is -1.36. The van der Waals surface area contributed by atoms with Crippen molar-refractivity contribution < 1.29 is 14.7 Å². The van der Waals surface area contributed by atoms with Crippen molar-refractivity contribution in [3.8, 4) is 0 Å². The number of primary amides is 1. The van der Waals surface area contributed by atoms with Gasteiger partial charge in [-0.2, -0.15) is 0 Å². The number of rotatable bonds is 5. The quantitative estimate of drug-likeness (QED) is 0.773. The van der Waals surface area contributed by atoms with E-state index in [0.717, 1.165) is 17.3 Å². The molecule has 1 atom stereocenters. The largest absolute Gasteiger partial charge is 0.480 e. The van der Waals surface area contributed by atoms with Crippen LogP contribution >= 0.6 is 15.9 Å². The van der Waals surface area contributed by atoms with Crippen LogP contribution in [0.15, 0.2) is 22.7 Å². The highest BCUT2D eigenvalue weighted by Crippen LogP contribution is 2.35. The Hall–Kier alpha value is -1.56. The zero-order chi connectivity index (χ0) is 13.3. The van der Waals surface area contributed by atoms with Crippen LogP contribution in [-0.2, 0) is 4.79 Å². The van der Waals surface area contributed by atoms with Gasteiger partial charge in [0.2, 0.25) is 0 Å². The van der Waals surface area contributed by atoms with Crippen molar-refractivity contribution in [2.45, 2.75) is 18.9 Å². The van der Waals surface area contributed by atoms with E-state index in [0.29, 0.717) is 5.69 Å². The van der Waals surface area contributed by atoms with Gasteiger partial charge in [0.15, 0.2) is 0 Å². The summed E-state index contributed by atoms with van der Waals surface area (Å²) in [4.78, 5) is 22.5. The fraction of sp³-hybridized carbons (Fsp3) is 0.333. The molecule has 0 aromatic heterocycles. The van der Waals surface area contributed by atoms with Crippen molar-refractivity contribution in [1.82, 2.24) is 0 Å². The van der Waals surface area contributed by atoms with Gasteiger partial charge in [0.05, 0.1) is 5.56 Å². The van der Waals surface area contributed by atoms with Crippen LogP contribution in [0, 0.1) is 5.92 Å². The van der Waals surface area contributed by atoms with E-state index in [1.807, 2.05) is 0 Å². The Bertz CT molecular complexity index is 500. The minimum Gasteiger partial charge on any atom is -0.480 e. The molecule has 0 spiro atoms. The van der Waals surface area contributed by atoms with Gasteiger partial charge in [-0.3, -0.25) is 4.79 Å². The minimum absolute atomic E-state index is 0.131. The smallest absolute Gasteiger partial charge is 0.326 e. The molecule has 1 aromatic carbocycles. The van der Waals surface area contributed by atoms with E-state index in [4.69, 9.17) is 10.8 Å². The number of halogens is 1. The van der Waals surface area contributed by atoms with Gasteiger partial charge in [0.25, 0.3) is 5.91 Å². The number of carbonyl (C=O) groups is 2. The van der Waals surface area contributed by atoms with Crippen molar-refractivity contribution >= 4 is 33.5 Å². The molecule has 4 N–H and O–H groups in total. The maximum absolute atomic E-state index is 11.3. The molecule has 5 nitrogen and oxygen atoms in total. The zero-order valence-electron chi connectivity index (χ0n) is 9.52. The number of amides is 1. The molecule has 0 aliphatic heterocycles. The van der Waals surface area contributed by atoms with E-state index in [1.54, 1.807) is 18.2 Å². The summed E-state index contributed by atoms with van der Waals surface area (Å²) in [5.41, 5.74) is 6.03. The van der Waals surface area contributed by atoms with E-state index in [9.17, 15) is 9.59 Å². The van der Waals surface area contributed by atoms with E-state index < -0.39 is 17.9 Å². The molecule has 0 radical (unpaired) electrons. The number of aliphatic carboxylic acids is 1. The van der Waals surface area contributed by atoms with Crippen LogP contribution in [0.5, 0.6) is 0 Å². The highest BCUT2D eigenvalue weighted by Gasteiger charge is 2.36. The SMILES string of the molecule is NC(=O)c1cc(Br)ccc1NC(C(=O)O)C1CC1. The summed E-state index contributed by atoms with van der Waals surface area (Å²) >= 11 is 3.25. The van der Waals surface area contributed by atoms with Crippen LogP contribution in [0.4, 0.5) is 5.69 Å². The molecule has 1 aliphatic carbocycles. The summed E-state index contributed by atoms with van der Waals surface area (Å²) in [6, 6.07) is 4.31. The first-order chi connectivity index (χ1) is 8.49. The number of carboxylic acid groups (broad SMARTS) is 1. The van der Waals surface area contributed by atoms with E-state index in [-0.39, 0.29) is 11.5 Å². The molecule has 1 fully saturated rings. The first-order valence-electron chi connectivity index (χ1n) is 5.57. The standard InChI is InChI=1S/C12H13BrN2O3/c13-7-3-4-9(8(5-7)11(14)16)15-10(12(17)18)6-1-2-6/h3-6,10,15H,1-2H2,(H2,14,16)(H,17,18). The molecule has 1 unspecified atom stereocenters. The first-order valence-corrected chi connectivity index (χ1v) is 6.37. The Morgan fingerprint density at radius 3 is 2.61 bits per heavy atom. The van der Waals surface area contributed by atoms with Gasteiger partial charge >= 0.3 is 5.97 Å². The zero-order valence-corrected chi connectivity index (χ0v) is 11.1. The van der Waals surface area contributed by atoms with Crippen LogP contribution in [0.25, 0.3) is 0 Å². The van der Waals surface area contributed by atoms with Crippen molar-refractivity contribution in [2.24, 2.45) is 11.7 Å². The maximum Gasteiger partial charge on any atom is 0.326 e. The molecule has 1 amide bonds. The van der Waals surface area contributed by atoms with Gasteiger partial charge in [0.1, 0.15) is 6.04 Å². The number of carboxylic acids is 1. The molecular weight excluding hydrogens is 300 g/mol. The Morgan fingerprint density at radius 1 is 1.44 bits per heavy atom. The summed E-state index contributed by atoms with van der Waals surface area (Å²) < 4.78 is 0.722. The molecule has 1 aromatic rings. The molecule has 2 rings (SSSR count). The number of nitrogens with one attached hydrogen (secondary N) is 1. The molecule has 18 heavy (non-hydrogen) atoms. The van der Waals surface area contributed by atoms with Gasteiger partial charge < -0.3 is 16.2 Å².